The van der Waals surface area contributed by atoms with E-state index >= 15 is 0 Å². The molecule has 0 fully saturated rings. The Balaban J connectivity index is 1.12. The van der Waals surface area contributed by atoms with Gasteiger partial charge in [-0.1, -0.05) is 201 Å². The van der Waals surface area contributed by atoms with Gasteiger partial charge in [0.2, 0.25) is 0 Å². The summed E-state index contributed by atoms with van der Waals surface area (Å²) in [7, 11) is 0. The summed E-state index contributed by atoms with van der Waals surface area (Å²) < 4.78 is 9.65. The lowest BCUT2D eigenvalue weighted by Gasteiger charge is -2.30. The van der Waals surface area contributed by atoms with Crippen molar-refractivity contribution in [1.82, 2.24) is 9.55 Å². The molecule has 80 heavy (non-hydrogen) atoms. The van der Waals surface area contributed by atoms with Gasteiger partial charge in [-0.05, 0) is 162 Å². The number of aromatic nitrogens is 2. The van der Waals surface area contributed by atoms with Crippen molar-refractivity contribution in [3.63, 3.8) is 0 Å². The third-order valence-corrected chi connectivity index (χ3v) is 16.8. The summed E-state index contributed by atoms with van der Waals surface area (Å²) in [6.07, 6.45) is 1.95. The molecule has 0 saturated heterocycles. The van der Waals surface area contributed by atoms with Gasteiger partial charge in [-0.15, -0.1) is 0 Å². The molecule has 0 unspecified atom stereocenters. The van der Waals surface area contributed by atoms with Gasteiger partial charge in [0.25, 0.3) is 0 Å². The lowest BCUT2D eigenvalue weighted by Crippen LogP contribution is -2.25. The molecule has 2 aromatic heterocycles. The quantitative estimate of drug-likeness (QED) is 0.129. The van der Waals surface area contributed by atoms with Gasteiger partial charge in [0.15, 0.2) is 0 Å². The van der Waals surface area contributed by atoms with Gasteiger partial charge >= 0.3 is 0 Å². The highest BCUT2D eigenvalue weighted by molar-refractivity contribution is 6.10. The molecule has 11 rings (SSSR count). The van der Waals surface area contributed by atoms with Gasteiger partial charge in [-0.25, -0.2) is 4.98 Å². The second-order valence-electron chi connectivity index (χ2n) is 26.7. The van der Waals surface area contributed by atoms with Crippen LogP contribution in [0.3, 0.4) is 0 Å². The van der Waals surface area contributed by atoms with Crippen LogP contribution in [-0.2, 0) is 21.7 Å². The van der Waals surface area contributed by atoms with Gasteiger partial charge in [-0.2, -0.15) is 0 Å². The number of hydrogen-bond donors (Lipinski definition) is 0. The minimum atomic E-state index is -0.377. The topological polar surface area (TPSA) is 33.5 Å². The zero-order valence-electron chi connectivity index (χ0n) is 50.0. The highest BCUT2D eigenvalue weighted by Crippen LogP contribution is 2.51. The van der Waals surface area contributed by atoms with Crippen molar-refractivity contribution in [2.24, 2.45) is 0 Å². The Morgan fingerprint density at radius 3 is 1.70 bits per heavy atom. The molecule has 10 aromatic rings. The second kappa shape index (κ2) is 20.3. The summed E-state index contributed by atoms with van der Waals surface area (Å²) in [5.74, 6) is 3.13. The molecule has 0 aliphatic carbocycles. The maximum absolute atomic E-state index is 7.32. The Morgan fingerprint density at radius 2 is 1.04 bits per heavy atom. The van der Waals surface area contributed by atoms with Crippen LogP contribution in [0.1, 0.15) is 155 Å². The molecule has 0 saturated carbocycles. The Labute approximate surface area is 476 Å². The maximum Gasteiger partial charge on any atom is 0.137 e. The maximum atomic E-state index is 7.32. The zero-order chi connectivity index (χ0) is 56.6. The third kappa shape index (κ3) is 10.2. The first-order valence-electron chi connectivity index (χ1n) is 28.9. The first kappa shape index (κ1) is 54.1. The van der Waals surface area contributed by atoms with Gasteiger partial charge < -0.3 is 14.5 Å². The largest absolute Gasteiger partial charge is 0.457 e. The van der Waals surface area contributed by atoms with Crippen molar-refractivity contribution < 1.29 is 4.74 Å². The third-order valence-electron chi connectivity index (χ3n) is 16.8. The standard InChI is InChI=1S/C75H80N4O/c1-48(2)62-27-22-28-63(49(3)4)71(62)51-29-33-67-69(39-51)78(47-77(67)58-38-52(50-23-18-16-19-24-50)37-56(40-58)74(11,12)13)59-41-57(75(14,15)53-25-20-17-21-26-53)42-61(45-59)80-60-31-32-64-65-43-54(72(5,6)7)30-34-66(65)79(68(64)46-60)70-44-55(35-36-76-70)73(8,9)10/h16-46,48-49H,47H2,1-15H3. The molecule has 406 valence electrons. The highest BCUT2D eigenvalue weighted by Gasteiger charge is 2.33. The fraction of sp³-hybridized carbons (Fsp3) is 0.293. The van der Waals surface area contributed by atoms with Gasteiger partial charge in [0.1, 0.15) is 24.0 Å². The van der Waals surface area contributed by atoms with Gasteiger partial charge in [-0.3, -0.25) is 4.57 Å². The van der Waals surface area contributed by atoms with Crippen molar-refractivity contribution in [2.45, 2.75) is 137 Å². The molecule has 0 bridgehead atoms. The number of anilines is 4. The number of benzene rings is 8. The Morgan fingerprint density at radius 1 is 0.412 bits per heavy atom. The zero-order valence-corrected chi connectivity index (χ0v) is 50.0. The number of nitrogens with zero attached hydrogens (tertiary/aromatic N) is 4. The van der Waals surface area contributed by atoms with Crippen LogP contribution in [0.4, 0.5) is 22.7 Å². The fourth-order valence-electron chi connectivity index (χ4n) is 11.8. The Bertz CT molecular complexity index is 3910. The van der Waals surface area contributed by atoms with Crippen LogP contribution in [0.2, 0.25) is 0 Å². The molecule has 0 atom stereocenters. The van der Waals surface area contributed by atoms with E-state index < -0.39 is 0 Å². The smallest absolute Gasteiger partial charge is 0.137 e. The van der Waals surface area contributed by atoms with Crippen LogP contribution in [0.15, 0.2) is 188 Å². The van der Waals surface area contributed by atoms with E-state index in [0.717, 1.165) is 56.4 Å². The molecule has 0 N–H and O–H groups in total. The van der Waals surface area contributed by atoms with Crippen molar-refractivity contribution in [2.75, 3.05) is 16.5 Å². The summed E-state index contributed by atoms with van der Waals surface area (Å²) in [5.41, 5.74) is 20.1. The van der Waals surface area contributed by atoms with Crippen LogP contribution in [0.25, 0.3) is 49.9 Å². The minimum Gasteiger partial charge on any atom is -0.457 e. The normalized spacial score (nSPS) is 13.3. The molecule has 3 heterocycles. The molecule has 0 radical (unpaired) electrons. The Kier molecular flexibility index (Phi) is 13.7. The minimum absolute atomic E-state index is 0.0159. The highest BCUT2D eigenvalue weighted by atomic mass is 16.5. The van der Waals surface area contributed by atoms with Crippen molar-refractivity contribution in [3.8, 4) is 39.6 Å². The molecule has 5 heteroatoms. The van der Waals surface area contributed by atoms with Gasteiger partial charge in [0.05, 0.1) is 22.4 Å². The van der Waals surface area contributed by atoms with Crippen molar-refractivity contribution in [1.29, 1.82) is 0 Å². The number of ether oxygens (including phenoxy) is 1. The van der Waals surface area contributed by atoms with E-state index in [1.165, 1.54) is 66.7 Å². The summed E-state index contributed by atoms with van der Waals surface area (Å²) in [6.45, 7) is 35.1. The van der Waals surface area contributed by atoms with E-state index in [-0.39, 0.29) is 21.7 Å². The van der Waals surface area contributed by atoms with Crippen molar-refractivity contribution >= 4 is 44.6 Å². The molecular formula is C75H80N4O. The molecule has 1 aliphatic heterocycles. The summed E-state index contributed by atoms with van der Waals surface area (Å²) in [4.78, 5) is 10.1. The van der Waals surface area contributed by atoms with Crippen LogP contribution >= 0.6 is 0 Å². The molecule has 0 spiro atoms. The second-order valence-corrected chi connectivity index (χ2v) is 26.7. The molecule has 0 amide bonds. The number of hydrogen-bond acceptors (Lipinski definition) is 4. The van der Waals surface area contributed by atoms with E-state index in [0.29, 0.717) is 18.5 Å². The number of rotatable bonds is 11. The number of fused-ring (bicyclic) bond motifs is 4. The van der Waals surface area contributed by atoms with Crippen LogP contribution in [0.5, 0.6) is 11.5 Å². The van der Waals surface area contributed by atoms with E-state index in [9.17, 15) is 0 Å². The lowest BCUT2D eigenvalue weighted by molar-refractivity contribution is 0.480. The van der Waals surface area contributed by atoms with E-state index in [1.54, 1.807) is 0 Å². The fourth-order valence-corrected chi connectivity index (χ4v) is 11.8. The van der Waals surface area contributed by atoms with E-state index in [4.69, 9.17) is 9.72 Å². The average molecular weight is 1050 g/mol. The van der Waals surface area contributed by atoms with E-state index in [2.05, 4.69) is 300 Å². The molecule has 5 nitrogen and oxygen atoms in total. The van der Waals surface area contributed by atoms with Crippen molar-refractivity contribution in [3.05, 3.63) is 227 Å². The predicted molar refractivity (Wildman–Crippen MR) is 341 cm³/mol. The average Bonchev–Trinajstić information content (AvgIpc) is 4.19. The van der Waals surface area contributed by atoms with Crippen LogP contribution < -0.4 is 14.5 Å². The molecule has 1 aliphatic rings. The van der Waals surface area contributed by atoms with Gasteiger partial charge in [0, 0.05) is 45.9 Å². The van der Waals surface area contributed by atoms with Crippen LogP contribution in [-0.4, -0.2) is 16.2 Å². The molecular weight excluding hydrogens is 973 g/mol. The Hall–Kier alpha value is -7.89. The summed E-state index contributed by atoms with van der Waals surface area (Å²) >= 11 is 0. The van der Waals surface area contributed by atoms with Crippen LogP contribution in [0, 0.1) is 0 Å². The van der Waals surface area contributed by atoms with E-state index in [1.807, 2.05) is 6.20 Å². The molecule has 8 aromatic carbocycles. The summed E-state index contributed by atoms with van der Waals surface area (Å²) in [5, 5.41) is 2.36. The first-order chi connectivity index (χ1) is 37.9. The SMILES string of the molecule is CC(C)c1cccc(C(C)C)c1-c1ccc2c(c1)N(c1cc(Oc3ccc4c5cc(C(C)(C)C)ccc5n(-c5cc(C(C)(C)C)ccn5)c4c3)cc(C(C)(C)c3ccccc3)c1)CN2c1cc(-c2ccccc2)cc(C(C)(C)C)c1. The summed E-state index contributed by atoms with van der Waals surface area (Å²) in [6, 6.07) is 67.9. The predicted octanol–water partition coefficient (Wildman–Crippen LogP) is 21.0. The first-order valence-corrected chi connectivity index (χ1v) is 28.9. The number of pyridine rings is 1. The lowest BCUT2D eigenvalue weighted by atomic mass is 9.78. The monoisotopic (exact) mass is 1050 g/mol.